The lowest BCUT2D eigenvalue weighted by atomic mass is 10.1. The molecule has 128 valence electrons. The lowest BCUT2D eigenvalue weighted by molar-refractivity contribution is 0.0948. The summed E-state index contributed by atoms with van der Waals surface area (Å²) >= 11 is 0. The molecule has 6 heteroatoms. The third kappa shape index (κ3) is 3.87. The Hall–Kier alpha value is -3.12. The average molecular weight is 336 g/mol. The number of nitrogens with zero attached hydrogens (tertiary/aromatic N) is 1. The van der Waals surface area contributed by atoms with E-state index in [0.717, 1.165) is 29.0 Å². The van der Waals surface area contributed by atoms with Gasteiger partial charge in [0.15, 0.2) is 0 Å². The summed E-state index contributed by atoms with van der Waals surface area (Å²) in [4.78, 5) is 11.6. The molecular formula is C19H20N4O2. The Kier molecular flexibility index (Phi) is 5.11. The maximum Gasteiger partial charge on any atom is 0.283 e. The molecule has 3 rings (SSSR count). The standard InChI is InChI=1S/C19H20N4O2/c1-13-17(22-23-18(13)19(24)21-20)15-7-9-16(10-8-15)25-12-11-14-5-3-2-4-6-14/h2-10H,11-12,20H2,1H3,(H,21,24)(H,22,23). The van der Waals surface area contributed by atoms with Crippen LogP contribution in [0.1, 0.15) is 21.6 Å². The van der Waals surface area contributed by atoms with Crippen molar-refractivity contribution in [3.05, 3.63) is 71.4 Å². The van der Waals surface area contributed by atoms with E-state index in [1.165, 1.54) is 5.56 Å². The van der Waals surface area contributed by atoms with Crippen molar-refractivity contribution >= 4 is 5.91 Å². The van der Waals surface area contributed by atoms with Crippen molar-refractivity contribution in [2.24, 2.45) is 5.84 Å². The summed E-state index contributed by atoms with van der Waals surface area (Å²) in [6, 6.07) is 17.9. The molecule has 0 saturated heterocycles. The molecule has 0 aliphatic rings. The summed E-state index contributed by atoms with van der Waals surface area (Å²) in [7, 11) is 0. The van der Waals surface area contributed by atoms with Crippen molar-refractivity contribution in [1.29, 1.82) is 0 Å². The lowest BCUT2D eigenvalue weighted by Gasteiger charge is -2.07. The Morgan fingerprint density at radius 3 is 2.56 bits per heavy atom. The van der Waals surface area contributed by atoms with Crippen LogP contribution in [0.4, 0.5) is 0 Å². The number of benzene rings is 2. The van der Waals surface area contributed by atoms with Crippen LogP contribution in [0, 0.1) is 6.92 Å². The molecule has 6 nitrogen and oxygen atoms in total. The summed E-state index contributed by atoms with van der Waals surface area (Å²) in [5.74, 6) is 5.57. The molecule has 3 aromatic rings. The van der Waals surface area contributed by atoms with Gasteiger partial charge in [-0.3, -0.25) is 15.3 Å². The van der Waals surface area contributed by atoms with Gasteiger partial charge in [-0.05, 0) is 36.8 Å². The van der Waals surface area contributed by atoms with Crippen LogP contribution in [0.3, 0.4) is 0 Å². The van der Waals surface area contributed by atoms with E-state index >= 15 is 0 Å². The normalized spacial score (nSPS) is 10.5. The van der Waals surface area contributed by atoms with E-state index in [-0.39, 0.29) is 0 Å². The number of nitrogens with two attached hydrogens (primary N) is 1. The predicted molar refractivity (Wildman–Crippen MR) is 96.1 cm³/mol. The van der Waals surface area contributed by atoms with E-state index in [1.807, 2.05) is 49.4 Å². The Morgan fingerprint density at radius 1 is 1.16 bits per heavy atom. The smallest absolute Gasteiger partial charge is 0.283 e. The number of carbonyl (C=O) groups is 1. The zero-order chi connectivity index (χ0) is 17.6. The largest absolute Gasteiger partial charge is 0.493 e. The van der Waals surface area contributed by atoms with Crippen molar-refractivity contribution in [1.82, 2.24) is 15.6 Å². The number of ether oxygens (including phenoxy) is 1. The van der Waals surface area contributed by atoms with Gasteiger partial charge < -0.3 is 4.74 Å². The molecule has 0 bridgehead atoms. The van der Waals surface area contributed by atoms with Crippen LogP contribution >= 0.6 is 0 Å². The summed E-state index contributed by atoms with van der Waals surface area (Å²) in [6.45, 7) is 2.44. The molecule has 4 N–H and O–H groups in total. The van der Waals surface area contributed by atoms with E-state index in [4.69, 9.17) is 10.6 Å². The van der Waals surface area contributed by atoms with Crippen molar-refractivity contribution < 1.29 is 9.53 Å². The highest BCUT2D eigenvalue weighted by Gasteiger charge is 2.15. The van der Waals surface area contributed by atoms with E-state index in [0.29, 0.717) is 12.3 Å². The number of nitrogens with one attached hydrogen (secondary N) is 2. The van der Waals surface area contributed by atoms with Crippen LogP contribution in [0.5, 0.6) is 5.75 Å². The Bertz CT molecular complexity index is 842. The minimum atomic E-state index is -0.392. The first kappa shape index (κ1) is 16.7. The molecule has 0 atom stereocenters. The van der Waals surface area contributed by atoms with Crippen LogP contribution in [0.2, 0.25) is 0 Å². The molecule has 0 fully saturated rings. The number of aromatic amines is 1. The first-order valence-electron chi connectivity index (χ1n) is 8.02. The van der Waals surface area contributed by atoms with Crippen LogP contribution < -0.4 is 16.0 Å². The third-order valence-electron chi connectivity index (χ3n) is 4.00. The number of rotatable bonds is 6. The number of hydrazine groups is 1. The molecule has 25 heavy (non-hydrogen) atoms. The molecule has 0 aliphatic heterocycles. The average Bonchev–Trinajstić information content (AvgIpc) is 3.04. The Labute approximate surface area is 146 Å². The molecule has 0 radical (unpaired) electrons. The molecule has 0 saturated carbocycles. The van der Waals surface area contributed by atoms with E-state index in [9.17, 15) is 4.79 Å². The second-order valence-electron chi connectivity index (χ2n) is 5.65. The molecule has 0 unspecified atom stereocenters. The number of carbonyl (C=O) groups excluding carboxylic acids is 1. The van der Waals surface area contributed by atoms with Gasteiger partial charge in [-0.2, -0.15) is 5.10 Å². The van der Waals surface area contributed by atoms with Gasteiger partial charge in [0.05, 0.1) is 12.3 Å². The van der Waals surface area contributed by atoms with Gasteiger partial charge in [-0.15, -0.1) is 0 Å². The first-order valence-corrected chi connectivity index (χ1v) is 8.02. The van der Waals surface area contributed by atoms with E-state index < -0.39 is 5.91 Å². The second kappa shape index (κ2) is 7.63. The SMILES string of the molecule is Cc1c(-c2ccc(OCCc3ccccc3)cc2)n[nH]c1C(=O)NN. The highest BCUT2D eigenvalue weighted by molar-refractivity contribution is 5.94. The van der Waals surface area contributed by atoms with Crippen LogP contribution in [0.25, 0.3) is 11.3 Å². The molecule has 0 aliphatic carbocycles. The van der Waals surface area contributed by atoms with Gasteiger partial charge >= 0.3 is 0 Å². The molecule has 0 spiro atoms. The van der Waals surface area contributed by atoms with Crippen LogP contribution in [0.15, 0.2) is 54.6 Å². The Morgan fingerprint density at radius 2 is 1.88 bits per heavy atom. The number of hydrogen-bond donors (Lipinski definition) is 3. The minimum Gasteiger partial charge on any atom is -0.493 e. The van der Waals surface area contributed by atoms with Crippen molar-refractivity contribution in [2.75, 3.05) is 6.61 Å². The number of H-pyrrole nitrogens is 1. The fraction of sp³-hybridized carbons (Fsp3) is 0.158. The number of amides is 1. The zero-order valence-electron chi connectivity index (χ0n) is 14.0. The lowest BCUT2D eigenvalue weighted by Crippen LogP contribution is -2.30. The fourth-order valence-corrected chi connectivity index (χ4v) is 2.61. The van der Waals surface area contributed by atoms with Crippen LogP contribution in [-0.2, 0) is 6.42 Å². The first-order chi connectivity index (χ1) is 12.2. The second-order valence-corrected chi connectivity index (χ2v) is 5.65. The highest BCUT2D eigenvalue weighted by atomic mass is 16.5. The number of hydrogen-bond acceptors (Lipinski definition) is 4. The maximum atomic E-state index is 11.6. The maximum absolute atomic E-state index is 11.6. The molecular weight excluding hydrogens is 316 g/mol. The van der Waals surface area contributed by atoms with Crippen molar-refractivity contribution in [3.63, 3.8) is 0 Å². The van der Waals surface area contributed by atoms with E-state index in [1.54, 1.807) is 0 Å². The van der Waals surface area contributed by atoms with Gasteiger partial charge in [0.1, 0.15) is 11.4 Å². The summed E-state index contributed by atoms with van der Waals surface area (Å²) < 4.78 is 5.78. The monoisotopic (exact) mass is 336 g/mol. The minimum absolute atomic E-state index is 0.362. The molecule has 1 heterocycles. The predicted octanol–water partition coefficient (Wildman–Crippen LogP) is 2.61. The van der Waals surface area contributed by atoms with E-state index in [2.05, 4.69) is 27.8 Å². The van der Waals surface area contributed by atoms with Gasteiger partial charge in [-0.25, -0.2) is 5.84 Å². The number of nitrogen functional groups attached to an aromatic ring is 1. The molecule has 2 aromatic carbocycles. The summed E-state index contributed by atoms with van der Waals surface area (Å²) in [6.07, 6.45) is 0.860. The van der Waals surface area contributed by atoms with Gasteiger partial charge in [-0.1, -0.05) is 30.3 Å². The number of aromatic nitrogens is 2. The quantitative estimate of drug-likeness (QED) is 0.366. The summed E-state index contributed by atoms with van der Waals surface area (Å²) in [5, 5.41) is 6.92. The third-order valence-corrected chi connectivity index (χ3v) is 4.00. The topological polar surface area (TPSA) is 93.0 Å². The van der Waals surface area contributed by atoms with Crippen molar-refractivity contribution in [3.8, 4) is 17.0 Å². The Balaban J connectivity index is 1.64. The fourth-order valence-electron chi connectivity index (χ4n) is 2.61. The van der Waals surface area contributed by atoms with Gasteiger partial charge in [0.2, 0.25) is 0 Å². The van der Waals surface area contributed by atoms with Crippen LogP contribution in [-0.4, -0.2) is 22.7 Å². The highest BCUT2D eigenvalue weighted by Crippen LogP contribution is 2.25. The van der Waals surface area contributed by atoms with Crippen molar-refractivity contribution in [2.45, 2.75) is 13.3 Å². The molecule has 1 amide bonds. The van der Waals surface area contributed by atoms with Gasteiger partial charge in [0, 0.05) is 17.5 Å². The summed E-state index contributed by atoms with van der Waals surface area (Å²) in [5.41, 5.74) is 6.08. The van der Waals surface area contributed by atoms with Gasteiger partial charge in [0.25, 0.3) is 5.91 Å². The zero-order valence-corrected chi connectivity index (χ0v) is 14.0. The molecule has 1 aromatic heterocycles.